The summed E-state index contributed by atoms with van der Waals surface area (Å²) in [7, 11) is -3.41. The summed E-state index contributed by atoms with van der Waals surface area (Å²) >= 11 is 6.01. The first-order valence-electron chi connectivity index (χ1n) is 7.70. The predicted molar refractivity (Wildman–Crippen MR) is 90.1 cm³/mol. The van der Waals surface area contributed by atoms with Crippen molar-refractivity contribution in [2.45, 2.75) is 25.3 Å². The van der Waals surface area contributed by atoms with Crippen LogP contribution in [0.1, 0.15) is 24.8 Å². The van der Waals surface area contributed by atoms with Crippen LogP contribution >= 0.6 is 11.6 Å². The van der Waals surface area contributed by atoms with Gasteiger partial charge < -0.3 is 4.90 Å². The third-order valence-electron chi connectivity index (χ3n) is 4.29. The maximum Gasteiger partial charge on any atom is 0.233 e. The van der Waals surface area contributed by atoms with Gasteiger partial charge in [-0.25, -0.2) is 13.1 Å². The normalized spacial score (nSPS) is 23.4. The lowest BCUT2D eigenvalue weighted by Gasteiger charge is -2.14. The van der Waals surface area contributed by atoms with E-state index in [2.05, 4.69) is 9.62 Å². The molecule has 0 bridgehead atoms. The molecule has 0 radical (unpaired) electrons. The Labute approximate surface area is 137 Å². The number of hydrogen-bond acceptors (Lipinski definition) is 3. The van der Waals surface area contributed by atoms with E-state index in [0.29, 0.717) is 23.0 Å². The highest BCUT2D eigenvalue weighted by Crippen LogP contribution is 2.31. The minimum absolute atomic E-state index is 0.420. The highest BCUT2D eigenvalue weighted by molar-refractivity contribution is 7.92. The van der Waals surface area contributed by atoms with Crippen LogP contribution in [0.15, 0.2) is 29.7 Å². The maximum atomic E-state index is 12.0. The number of rotatable bonds is 6. The topological polar surface area (TPSA) is 49.4 Å². The molecule has 3 rings (SSSR count). The van der Waals surface area contributed by atoms with Gasteiger partial charge in [0.1, 0.15) is 0 Å². The SMILES string of the molecule is O=S(=O)(/C=C/c1ccccc1Cl)NC[C@@H]1CCN(C2CC2)C1. The summed E-state index contributed by atoms with van der Waals surface area (Å²) in [5.41, 5.74) is 0.704. The van der Waals surface area contributed by atoms with E-state index in [9.17, 15) is 8.42 Å². The van der Waals surface area contributed by atoms with Gasteiger partial charge >= 0.3 is 0 Å². The quantitative estimate of drug-likeness (QED) is 0.866. The summed E-state index contributed by atoms with van der Waals surface area (Å²) in [6, 6.07) is 7.95. The van der Waals surface area contributed by atoms with Crippen molar-refractivity contribution in [1.82, 2.24) is 9.62 Å². The summed E-state index contributed by atoms with van der Waals surface area (Å²) in [5, 5.41) is 1.74. The molecule has 0 spiro atoms. The second-order valence-electron chi connectivity index (χ2n) is 6.10. The Bertz CT molecular complexity index is 656. The number of nitrogens with one attached hydrogen (secondary N) is 1. The Morgan fingerprint density at radius 2 is 2.05 bits per heavy atom. The van der Waals surface area contributed by atoms with E-state index in [1.807, 2.05) is 12.1 Å². The molecule has 120 valence electrons. The van der Waals surface area contributed by atoms with Gasteiger partial charge in [-0.15, -0.1) is 0 Å². The van der Waals surface area contributed by atoms with Gasteiger partial charge in [0.05, 0.1) is 0 Å². The van der Waals surface area contributed by atoms with E-state index in [-0.39, 0.29) is 0 Å². The van der Waals surface area contributed by atoms with Gasteiger partial charge in [-0.2, -0.15) is 0 Å². The summed E-state index contributed by atoms with van der Waals surface area (Å²) in [5.74, 6) is 0.420. The van der Waals surface area contributed by atoms with E-state index >= 15 is 0 Å². The minimum atomic E-state index is -3.41. The number of benzene rings is 1. The van der Waals surface area contributed by atoms with Crippen molar-refractivity contribution in [1.29, 1.82) is 0 Å². The average molecular weight is 341 g/mol. The van der Waals surface area contributed by atoms with Crippen LogP contribution in [-0.4, -0.2) is 39.0 Å². The molecule has 1 aliphatic heterocycles. The van der Waals surface area contributed by atoms with Crippen molar-refractivity contribution < 1.29 is 8.42 Å². The standard InChI is InChI=1S/C16H21ClN2O2S/c17-16-4-2-1-3-14(16)8-10-22(20,21)18-11-13-7-9-19(12-13)15-5-6-15/h1-4,8,10,13,15,18H,5-7,9,11-12H2/b10-8+/t13-/m0/s1. The molecule has 1 atom stereocenters. The Hall–Kier alpha value is -0.880. The molecule has 2 fully saturated rings. The van der Waals surface area contributed by atoms with Crippen LogP contribution in [0, 0.1) is 5.92 Å². The third kappa shape index (κ3) is 4.32. The molecule has 0 aromatic heterocycles. The Kier molecular flexibility index (Phi) is 4.88. The Morgan fingerprint density at radius 1 is 1.27 bits per heavy atom. The Morgan fingerprint density at radius 3 is 2.77 bits per heavy atom. The van der Waals surface area contributed by atoms with E-state index in [1.165, 1.54) is 24.3 Å². The van der Waals surface area contributed by atoms with Crippen molar-refractivity contribution >= 4 is 27.7 Å². The zero-order valence-electron chi connectivity index (χ0n) is 12.4. The van der Waals surface area contributed by atoms with Crippen molar-refractivity contribution in [2.24, 2.45) is 5.92 Å². The molecule has 1 N–H and O–H groups in total. The van der Waals surface area contributed by atoms with Crippen LogP contribution in [0.3, 0.4) is 0 Å². The van der Waals surface area contributed by atoms with E-state index < -0.39 is 10.0 Å². The summed E-state index contributed by atoms with van der Waals surface area (Å²) in [4.78, 5) is 2.48. The fourth-order valence-electron chi connectivity index (χ4n) is 2.86. The monoisotopic (exact) mass is 340 g/mol. The molecule has 1 aromatic carbocycles. The van der Waals surface area contributed by atoms with Gasteiger partial charge in [0.15, 0.2) is 0 Å². The molecule has 1 saturated heterocycles. The lowest BCUT2D eigenvalue weighted by atomic mass is 10.1. The molecule has 1 heterocycles. The van der Waals surface area contributed by atoms with Crippen molar-refractivity contribution in [3.8, 4) is 0 Å². The molecule has 6 heteroatoms. The number of hydrogen-bond donors (Lipinski definition) is 1. The molecule has 1 saturated carbocycles. The van der Waals surface area contributed by atoms with Crippen LogP contribution in [-0.2, 0) is 10.0 Å². The molecular formula is C16H21ClN2O2S. The minimum Gasteiger partial charge on any atom is -0.300 e. The molecule has 22 heavy (non-hydrogen) atoms. The molecular weight excluding hydrogens is 320 g/mol. The lowest BCUT2D eigenvalue weighted by Crippen LogP contribution is -2.30. The van der Waals surface area contributed by atoms with E-state index in [0.717, 1.165) is 25.6 Å². The Balaban J connectivity index is 1.52. The second-order valence-corrected chi connectivity index (χ2v) is 8.16. The zero-order chi connectivity index (χ0) is 15.6. The van der Waals surface area contributed by atoms with E-state index in [1.54, 1.807) is 12.1 Å². The number of likely N-dealkylation sites (tertiary alicyclic amines) is 1. The summed E-state index contributed by atoms with van der Waals surface area (Å²) in [6.45, 7) is 2.63. The summed E-state index contributed by atoms with van der Waals surface area (Å²) < 4.78 is 26.8. The fraction of sp³-hybridized carbons (Fsp3) is 0.500. The van der Waals surface area contributed by atoms with Crippen molar-refractivity contribution in [3.63, 3.8) is 0 Å². The van der Waals surface area contributed by atoms with Crippen molar-refractivity contribution in [2.75, 3.05) is 19.6 Å². The highest BCUT2D eigenvalue weighted by Gasteiger charge is 2.34. The van der Waals surface area contributed by atoms with Gasteiger partial charge in [-0.1, -0.05) is 29.8 Å². The van der Waals surface area contributed by atoms with Gasteiger partial charge in [0.2, 0.25) is 10.0 Å². The number of sulfonamides is 1. The van der Waals surface area contributed by atoms with Crippen LogP contribution in [0.2, 0.25) is 5.02 Å². The predicted octanol–water partition coefficient (Wildman–Crippen LogP) is 2.71. The highest BCUT2D eigenvalue weighted by atomic mass is 35.5. The van der Waals surface area contributed by atoms with Crippen LogP contribution < -0.4 is 4.72 Å². The number of nitrogens with zero attached hydrogens (tertiary/aromatic N) is 1. The molecule has 0 unspecified atom stereocenters. The first-order chi connectivity index (χ1) is 10.5. The molecule has 0 amide bonds. The molecule has 1 aromatic rings. The first-order valence-corrected chi connectivity index (χ1v) is 9.62. The first kappa shape index (κ1) is 16.0. The molecule has 1 aliphatic carbocycles. The third-order valence-corrected chi connectivity index (χ3v) is 5.69. The lowest BCUT2D eigenvalue weighted by molar-refractivity contribution is 0.314. The maximum absolute atomic E-state index is 12.0. The van der Waals surface area contributed by atoms with Gasteiger partial charge in [0, 0.05) is 29.6 Å². The van der Waals surface area contributed by atoms with Crippen LogP contribution in [0.25, 0.3) is 6.08 Å². The molecule has 4 nitrogen and oxygen atoms in total. The van der Waals surface area contributed by atoms with Gasteiger partial charge in [0.25, 0.3) is 0 Å². The van der Waals surface area contributed by atoms with Crippen LogP contribution in [0.5, 0.6) is 0 Å². The second kappa shape index (κ2) is 6.71. The summed E-state index contributed by atoms with van der Waals surface area (Å²) in [6.07, 6.45) is 5.22. The number of halogens is 1. The van der Waals surface area contributed by atoms with Gasteiger partial charge in [-0.3, -0.25) is 0 Å². The largest absolute Gasteiger partial charge is 0.300 e. The van der Waals surface area contributed by atoms with Crippen molar-refractivity contribution in [3.05, 3.63) is 40.3 Å². The van der Waals surface area contributed by atoms with Crippen LogP contribution in [0.4, 0.5) is 0 Å². The fourth-order valence-corrected chi connectivity index (χ4v) is 3.94. The average Bonchev–Trinajstić information content (AvgIpc) is 3.23. The molecule has 2 aliphatic rings. The smallest absolute Gasteiger partial charge is 0.233 e. The van der Waals surface area contributed by atoms with E-state index in [4.69, 9.17) is 11.6 Å². The zero-order valence-corrected chi connectivity index (χ0v) is 14.0. The van der Waals surface area contributed by atoms with Gasteiger partial charge in [-0.05, 0) is 49.4 Å².